The Hall–Kier alpha value is -1.40. The SMILES string of the molecule is CCNCCN1C(=O)C(C)SC1c1cc(OC)ccc1OC. The summed E-state index contributed by atoms with van der Waals surface area (Å²) in [5.41, 5.74) is 0.987. The predicted molar refractivity (Wildman–Crippen MR) is 89.6 cm³/mol. The third kappa shape index (κ3) is 3.50. The van der Waals surface area contributed by atoms with Gasteiger partial charge in [0.05, 0.1) is 19.5 Å². The first-order valence-corrected chi connectivity index (χ1v) is 8.45. The third-order valence-electron chi connectivity index (χ3n) is 3.73. The number of hydrogen-bond donors (Lipinski definition) is 1. The average Bonchev–Trinajstić information content (AvgIpc) is 2.82. The number of hydrogen-bond acceptors (Lipinski definition) is 5. The Balaban J connectivity index is 2.29. The molecular weight excluding hydrogens is 300 g/mol. The minimum atomic E-state index is -0.0393. The van der Waals surface area contributed by atoms with Gasteiger partial charge in [0.2, 0.25) is 5.91 Å². The molecule has 1 heterocycles. The van der Waals surface area contributed by atoms with Crippen LogP contribution in [0.2, 0.25) is 0 Å². The van der Waals surface area contributed by atoms with E-state index in [1.165, 1.54) is 0 Å². The highest BCUT2D eigenvalue weighted by Gasteiger charge is 2.39. The van der Waals surface area contributed by atoms with Crippen LogP contribution >= 0.6 is 11.8 Å². The molecule has 0 spiro atoms. The molecule has 1 aliphatic heterocycles. The summed E-state index contributed by atoms with van der Waals surface area (Å²) in [7, 11) is 3.29. The molecular formula is C16H24N2O3S. The van der Waals surface area contributed by atoms with E-state index in [1.807, 2.05) is 30.0 Å². The van der Waals surface area contributed by atoms with Crippen molar-refractivity contribution in [2.24, 2.45) is 0 Å². The second-order valence-electron chi connectivity index (χ2n) is 5.12. The summed E-state index contributed by atoms with van der Waals surface area (Å²) >= 11 is 1.65. The lowest BCUT2D eigenvalue weighted by molar-refractivity contribution is -0.129. The maximum Gasteiger partial charge on any atom is 0.236 e. The smallest absolute Gasteiger partial charge is 0.236 e. The van der Waals surface area contributed by atoms with Gasteiger partial charge in [0.25, 0.3) is 0 Å². The number of carbonyl (C=O) groups is 1. The number of methoxy groups -OCH3 is 2. The van der Waals surface area contributed by atoms with Crippen molar-refractivity contribution in [1.82, 2.24) is 10.2 Å². The number of nitrogens with zero attached hydrogens (tertiary/aromatic N) is 1. The lowest BCUT2D eigenvalue weighted by Gasteiger charge is -2.25. The van der Waals surface area contributed by atoms with E-state index in [1.54, 1.807) is 26.0 Å². The standard InChI is InChI=1S/C16H24N2O3S/c1-5-17-8-9-18-15(19)11(2)22-16(18)13-10-12(20-3)6-7-14(13)21-4/h6-7,10-11,16-17H,5,8-9H2,1-4H3. The molecule has 0 radical (unpaired) electrons. The van der Waals surface area contributed by atoms with Gasteiger partial charge in [0.15, 0.2) is 0 Å². The second-order valence-corrected chi connectivity index (χ2v) is 6.55. The van der Waals surface area contributed by atoms with E-state index in [0.29, 0.717) is 6.54 Å². The Morgan fingerprint density at radius 1 is 1.32 bits per heavy atom. The fourth-order valence-corrected chi connectivity index (χ4v) is 3.88. The molecule has 122 valence electrons. The molecule has 2 rings (SSSR count). The maximum absolute atomic E-state index is 12.4. The molecule has 1 saturated heterocycles. The molecule has 1 fully saturated rings. The minimum absolute atomic E-state index is 0.0359. The van der Waals surface area contributed by atoms with Crippen LogP contribution in [0.4, 0.5) is 0 Å². The number of ether oxygens (including phenoxy) is 2. The van der Waals surface area contributed by atoms with Crippen LogP contribution in [0.15, 0.2) is 18.2 Å². The van der Waals surface area contributed by atoms with Crippen molar-refractivity contribution in [2.45, 2.75) is 24.5 Å². The van der Waals surface area contributed by atoms with E-state index in [4.69, 9.17) is 9.47 Å². The summed E-state index contributed by atoms with van der Waals surface area (Å²) in [5, 5.41) is 3.20. The molecule has 6 heteroatoms. The minimum Gasteiger partial charge on any atom is -0.497 e. The molecule has 1 aliphatic rings. The van der Waals surface area contributed by atoms with Crippen LogP contribution in [0.5, 0.6) is 11.5 Å². The van der Waals surface area contributed by atoms with E-state index in [9.17, 15) is 4.79 Å². The van der Waals surface area contributed by atoms with Crippen LogP contribution in [-0.4, -0.2) is 49.9 Å². The second kappa shape index (κ2) is 7.74. The lowest BCUT2D eigenvalue weighted by Crippen LogP contribution is -2.36. The number of likely N-dealkylation sites (N-methyl/N-ethyl adjacent to an activating group) is 1. The van der Waals surface area contributed by atoms with Gasteiger partial charge in [-0.3, -0.25) is 4.79 Å². The Kier molecular flexibility index (Phi) is 5.97. The first kappa shape index (κ1) is 17.0. The summed E-state index contributed by atoms with van der Waals surface area (Å²) in [4.78, 5) is 14.4. The Morgan fingerprint density at radius 2 is 2.09 bits per heavy atom. The fraction of sp³-hybridized carbons (Fsp3) is 0.562. The van der Waals surface area contributed by atoms with Crippen molar-refractivity contribution in [1.29, 1.82) is 0 Å². The van der Waals surface area contributed by atoms with Gasteiger partial charge >= 0.3 is 0 Å². The Bertz CT molecular complexity index is 524. The highest BCUT2D eigenvalue weighted by molar-refractivity contribution is 8.01. The van der Waals surface area contributed by atoms with Crippen LogP contribution < -0.4 is 14.8 Å². The molecule has 2 atom stereocenters. The lowest BCUT2D eigenvalue weighted by atomic mass is 10.1. The largest absolute Gasteiger partial charge is 0.497 e. The summed E-state index contributed by atoms with van der Waals surface area (Å²) in [6.07, 6.45) is 0. The summed E-state index contributed by atoms with van der Waals surface area (Å²) < 4.78 is 10.8. The van der Waals surface area contributed by atoms with Crippen molar-refractivity contribution in [3.05, 3.63) is 23.8 Å². The number of benzene rings is 1. The monoisotopic (exact) mass is 324 g/mol. The van der Waals surface area contributed by atoms with Gasteiger partial charge in [-0.05, 0) is 31.7 Å². The molecule has 2 unspecified atom stereocenters. The van der Waals surface area contributed by atoms with Crippen molar-refractivity contribution >= 4 is 17.7 Å². The molecule has 5 nitrogen and oxygen atoms in total. The van der Waals surface area contributed by atoms with Gasteiger partial charge in [-0.1, -0.05) is 6.92 Å². The van der Waals surface area contributed by atoms with Gasteiger partial charge < -0.3 is 19.7 Å². The van der Waals surface area contributed by atoms with Gasteiger partial charge in [-0.25, -0.2) is 0 Å². The number of carbonyl (C=O) groups excluding carboxylic acids is 1. The quantitative estimate of drug-likeness (QED) is 0.780. The van der Waals surface area contributed by atoms with E-state index in [2.05, 4.69) is 12.2 Å². The maximum atomic E-state index is 12.4. The topological polar surface area (TPSA) is 50.8 Å². The molecule has 1 amide bonds. The van der Waals surface area contributed by atoms with Crippen LogP contribution in [0.25, 0.3) is 0 Å². The normalized spacial score (nSPS) is 21.3. The highest BCUT2D eigenvalue weighted by Crippen LogP contribution is 2.46. The van der Waals surface area contributed by atoms with Gasteiger partial charge in [-0.2, -0.15) is 0 Å². The summed E-state index contributed by atoms with van der Waals surface area (Å²) in [6.45, 7) is 6.40. The van der Waals surface area contributed by atoms with Crippen molar-refractivity contribution in [2.75, 3.05) is 33.9 Å². The average molecular weight is 324 g/mol. The van der Waals surface area contributed by atoms with Gasteiger partial charge in [0, 0.05) is 18.7 Å². The van der Waals surface area contributed by atoms with E-state index in [0.717, 1.165) is 30.2 Å². The molecule has 0 aliphatic carbocycles. The van der Waals surface area contributed by atoms with Crippen LogP contribution in [-0.2, 0) is 4.79 Å². The molecule has 0 saturated carbocycles. The Labute approximate surface area is 136 Å². The summed E-state index contributed by atoms with van der Waals surface area (Å²) in [5.74, 6) is 1.74. The molecule has 0 bridgehead atoms. The molecule has 22 heavy (non-hydrogen) atoms. The van der Waals surface area contributed by atoms with Gasteiger partial charge in [-0.15, -0.1) is 11.8 Å². The van der Waals surface area contributed by atoms with Crippen molar-refractivity contribution in [3.63, 3.8) is 0 Å². The number of amides is 1. The van der Waals surface area contributed by atoms with Crippen molar-refractivity contribution in [3.8, 4) is 11.5 Å². The predicted octanol–water partition coefficient (Wildman–Crippen LogP) is 2.28. The Morgan fingerprint density at radius 3 is 2.73 bits per heavy atom. The van der Waals surface area contributed by atoms with E-state index >= 15 is 0 Å². The fourth-order valence-electron chi connectivity index (χ4n) is 2.55. The summed E-state index contributed by atoms with van der Waals surface area (Å²) in [6, 6.07) is 5.73. The first-order valence-electron chi connectivity index (χ1n) is 7.51. The number of nitrogens with one attached hydrogen (secondary N) is 1. The first-order chi connectivity index (χ1) is 10.6. The molecule has 0 aromatic heterocycles. The number of rotatable bonds is 7. The van der Waals surface area contributed by atoms with E-state index < -0.39 is 0 Å². The van der Waals surface area contributed by atoms with Crippen LogP contribution in [0.3, 0.4) is 0 Å². The van der Waals surface area contributed by atoms with E-state index in [-0.39, 0.29) is 16.5 Å². The molecule has 1 aromatic carbocycles. The zero-order valence-electron chi connectivity index (χ0n) is 13.6. The molecule has 1 aromatic rings. The van der Waals surface area contributed by atoms with Crippen LogP contribution in [0, 0.1) is 0 Å². The zero-order chi connectivity index (χ0) is 16.1. The van der Waals surface area contributed by atoms with Crippen molar-refractivity contribution < 1.29 is 14.3 Å². The third-order valence-corrected chi connectivity index (χ3v) is 5.11. The highest BCUT2D eigenvalue weighted by atomic mass is 32.2. The number of thioether (sulfide) groups is 1. The van der Waals surface area contributed by atoms with Crippen LogP contribution in [0.1, 0.15) is 24.8 Å². The van der Waals surface area contributed by atoms with Gasteiger partial charge in [0.1, 0.15) is 16.9 Å². The zero-order valence-corrected chi connectivity index (χ0v) is 14.4. The molecule has 1 N–H and O–H groups in total.